The highest BCUT2D eigenvalue weighted by molar-refractivity contribution is 7.13. The molecule has 0 aliphatic carbocycles. The molecule has 0 spiro atoms. The number of nitrogens with zero attached hydrogens (tertiary/aromatic N) is 2. The van der Waals surface area contributed by atoms with Crippen molar-refractivity contribution in [1.82, 2.24) is 15.3 Å². The van der Waals surface area contributed by atoms with Crippen LogP contribution in [0.1, 0.15) is 20.8 Å². The predicted octanol–water partition coefficient (Wildman–Crippen LogP) is 4.20. The first-order valence-corrected chi connectivity index (χ1v) is 9.34. The summed E-state index contributed by atoms with van der Waals surface area (Å²) in [5.41, 5.74) is 2.57. The lowest BCUT2D eigenvalue weighted by Crippen LogP contribution is -2.22. The molecule has 0 saturated heterocycles. The van der Waals surface area contributed by atoms with E-state index >= 15 is 0 Å². The van der Waals surface area contributed by atoms with Gasteiger partial charge < -0.3 is 10.1 Å². The van der Waals surface area contributed by atoms with Crippen LogP contribution in [0.3, 0.4) is 0 Å². The van der Waals surface area contributed by atoms with Crippen molar-refractivity contribution in [3.05, 3.63) is 89.1 Å². The van der Waals surface area contributed by atoms with Crippen molar-refractivity contribution in [3.63, 3.8) is 0 Å². The van der Waals surface area contributed by atoms with Crippen LogP contribution in [0.15, 0.2) is 73.1 Å². The number of nitrogens with one attached hydrogen (secondary N) is 1. The van der Waals surface area contributed by atoms with Gasteiger partial charge in [-0.15, -0.1) is 0 Å². The van der Waals surface area contributed by atoms with Gasteiger partial charge in [0.15, 0.2) is 0 Å². The van der Waals surface area contributed by atoms with E-state index in [1.54, 1.807) is 18.5 Å². The van der Waals surface area contributed by atoms with Crippen molar-refractivity contribution in [2.75, 3.05) is 0 Å². The zero-order valence-electron chi connectivity index (χ0n) is 14.5. The molecule has 0 saturated carbocycles. The van der Waals surface area contributed by atoms with E-state index in [4.69, 9.17) is 4.74 Å². The number of ether oxygens (including phenoxy) is 1. The summed E-state index contributed by atoms with van der Waals surface area (Å²) in [4.78, 5) is 21.9. The van der Waals surface area contributed by atoms with E-state index in [0.29, 0.717) is 23.9 Å². The summed E-state index contributed by atoms with van der Waals surface area (Å²) in [6, 6.07) is 19.2. The largest absolute Gasteiger partial charge is 0.465 e. The van der Waals surface area contributed by atoms with Gasteiger partial charge in [0.05, 0.1) is 12.1 Å². The van der Waals surface area contributed by atoms with Crippen LogP contribution < -0.4 is 10.1 Å². The zero-order chi connectivity index (χ0) is 18.5. The maximum absolute atomic E-state index is 12.4. The van der Waals surface area contributed by atoms with Crippen molar-refractivity contribution in [3.8, 4) is 5.19 Å². The number of rotatable bonds is 6. The maximum atomic E-state index is 12.4. The first-order chi connectivity index (χ1) is 13.3. The van der Waals surface area contributed by atoms with Gasteiger partial charge in [0.25, 0.3) is 11.1 Å². The smallest absolute Gasteiger partial charge is 0.273 e. The third-order valence-corrected chi connectivity index (χ3v) is 4.94. The minimum Gasteiger partial charge on any atom is -0.465 e. The number of carbonyl (C=O) groups excluding carboxylic acids is 1. The van der Waals surface area contributed by atoms with Gasteiger partial charge in [0, 0.05) is 28.2 Å². The molecule has 0 fully saturated rings. The first kappa shape index (κ1) is 17.2. The van der Waals surface area contributed by atoms with E-state index in [1.165, 1.54) is 11.3 Å². The molecule has 4 rings (SSSR count). The highest BCUT2D eigenvalue weighted by Gasteiger charge is 2.09. The van der Waals surface area contributed by atoms with Crippen molar-refractivity contribution in [1.29, 1.82) is 0 Å². The summed E-state index contributed by atoms with van der Waals surface area (Å²) in [6.07, 6.45) is 3.47. The Morgan fingerprint density at radius 2 is 1.93 bits per heavy atom. The number of thiazole rings is 1. The first-order valence-electron chi connectivity index (χ1n) is 8.52. The van der Waals surface area contributed by atoms with E-state index in [-0.39, 0.29) is 5.91 Å². The zero-order valence-corrected chi connectivity index (χ0v) is 15.3. The van der Waals surface area contributed by atoms with E-state index in [9.17, 15) is 4.79 Å². The topological polar surface area (TPSA) is 64.1 Å². The van der Waals surface area contributed by atoms with E-state index in [0.717, 1.165) is 21.3 Å². The average molecular weight is 375 g/mol. The van der Waals surface area contributed by atoms with E-state index < -0.39 is 0 Å². The Labute approximate surface area is 160 Å². The molecule has 0 atom stereocenters. The molecule has 0 unspecified atom stereocenters. The molecule has 0 bridgehead atoms. The van der Waals surface area contributed by atoms with Crippen LogP contribution in [-0.4, -0.2) is 15.9 Å². The molecule has 4 aromatic rings. The van der Waals surface area contributed by atoms with Crippen LogP contribution in [0.5, 0.6) is 5.19 Å². The number of amides is 1. The molecule has 2 aromatic heterocycles. The lowest BCUT2D eigenvalue weighted by atomic mass is 10.1. The van der Waals surface area contributed by atoms with Gasteiger partial charge in [-0.25, -0.2) is 4.98 Å². The lowest BCUT2D eigenvalue weighted by molar-refractivity contribution is 0.0951. The third-order valence-electron chi connectivity index (χ3n) is 4.03. The number of hydrogen-bond donors (Lipinski definition) is 1. The Bertz CT molecular complexity index is 1060. The van der Waals surface area contributed by atoms with Crippen molar-refractivity contribution < 1.29 is 9.53 Å². The quantitative estimate of drug-likeness (QED) is 0.549. The molecule has 5 nitrogen and oxygen atoms in total. The Morgan fingerprint density at radius 3 is 2.81 bits per heavy atom. The van der Waals surface area contributed by atoms with Gasteiger partial charge in [-0.1, -0.05) is 47.7 Å². The molecule has 0 aliphatic rings. The predicted molar refractivity (Wildman–Crippen MR) is 106 cm³/mol. The number of aromatic nitrogens is 2. The van der Waals surface area contributed by atoms with Gasteiger partial charge in [-0.05, 0) is 29.8 Å². The summed E-state index contributed by atoms with van der Waals surface area (Å²) in [7, 11) is 0. The van der Waals surface area contributed by atoms with Gasteiger partial charge in [-0.2, -0.15) is 0 Å². The second-order valence-electron chi connectivity index (χ2n) is 5.96. The standard InChI is InChI=1S/C21H17N3O2S/c25-20(17-8-9-19-16(11-17)7-4-10-22-19)23-12-18-13-24-21(27-18)26-14-15-5-2-1-3-6-15/h1-11,13H,12,14H2,(H,23,25). The third kappa shape index (κ3) is 4.30. The molecular weight excluding hydrogens is 358 g/mol. The molecule has 27 heavy (non-hydrogen) atoms. The summed E-state index contributed by atoms with van der Waals surface area (Å²) in [5, 5.41) is 4.46. The Kier molecular flexibility index (Phi) is 5.07. The number of pyridine rings is 1. The maximum Gasteiger partial charge on any atom is 0.273 e. The molecule has 134 valence electrons. The molecule has 0 aliphatic heterocycles. The van der Waals surface area contributed by atoms with Crippen LogP contribution in [0.2, 0.25) is 0 Å². The normalized spacial score (nSPS) is 10.7. The van der Waals surface area contributed by atoms with E-state index in [2.05, 4.69) is 15.3 Å². The molecule has 1 N–H and O–H groups in total. The fraction of sp³-hybridized carbons (Fsp3) is 0.0952. The SMILES string of the molecule is O=C(NCc1cnc(OCc2ccccc2)s1)c1ccc2ncccc2c1. The minimum atomic E-state index is -0.124. The fourth-order valence-corrected chi connectivity index (χ4v) is 3.34. The fourth-order valence-electron chi connectivity index (χ4n) is 2.64. The van der Waals surface area contributed by atoms with E-state index in [1.807, 2.05) is 54.6 Å². The number of carbonyl (C=O) groups is 1. The van der Waals surface area contributed by atoms with Gasteiger partial charge in [0.2, 0.25) is 0 Å². The van der Waals surface area contributed by atoms with Gasteiger partial charge in [-0.3, -0.25) is 9.78 Å². The Hall–Kier alpha value is -3.25. The minimum absolute atomic E-state index is 0.124. The second kappa shape index (κ2) is 7.97. The summed E-state index contributed by atoms with van der Waals surface area (Å²) < 4.78 is 5.70. The van der Waals surface area contributed by atoms with Crippen LogP contribution in [0, 0.1) is 0 Å². The molecule has 6 heteroatoms. The molecule has 1 amide bonds. The monoisotopic (exact) mass is 375 g/mol. The lowest BCUT2D eigenvalue weighted by Gasteiger charge is -2.05. The summed E-state index contributed by atoms with van der Waals surface area (Å²) >= 11 is 1.43. The number of hydrogen-bond acceptors (Lipinski definition) is 5. The average Bonchev–Trinajstić information content (AvgIpc) is 3.19. The number of benzene rings is 2. The van der Waals surface area contributed by atoms with Gasteiger partial charge >= 0.3 is 0 Å². The molecule has 2 aromatic carbocycles. The highest BCUT2D eigenvalue weighted by Crippen LogP contribution is 2.21. The van der Waals surface area contributed by atoms with Crippen LogP contribution in [-0.2, 0) is 13.2 Å². The van der Waals surface area contributed by atoms with Crippen molar-refractivity contribution in [2.24, 2.45) is 0 Å². The number of fused-ring (bicyclic) bond motifs is 1. The Morgan fingerprint density at radius 1 is 1.04 bits per heavy atom. The Balaban J connectivity index is 1.34. The summed E-state index contributed by atoms with van der Waals surface area (Å²) in [5.74, 6) is -0.124. The van der Waals surface area contributed by atoms with Crippen molar-refractivity contribution >= 4 is 28.1 Å². The second-order valence-corrected chi connectivity index (χ2v) is 7.04. The highest BCUT2D eigenvalue weighted by atomic mass is 32.1. The van der Waals surface area contributed by atoms with Crippen LogP contribution in [0.4, 0.5) is 0 Å². The molecular formula is C21H17N3O2S. The molecule has 0 radical (unpaired) electrons. The molecule has 2 heterocycles. The van der Waals surface area contributed by atoms with Gasteiger partial charge in [0.1, 0.15) is 6.61 Å². The van der Waals surface area contributed by atoms with Crippen LogP contribution >= 0.6 is 11.3 Å². The van der Waals surface area contributed by atoms with Crippen molar-refractivity contribution in [2.45, 2.75) is 13.2 Å². The summed E-state index contributed by atoms with van der Waals surface area (Å²) in [6.45, 7) is 0.890. The van der Waals surface area contributed by atoms with Crippen LogP contribution in [0.25, 0.3) is 10.9 Å².